The monoisotopic (exact) mass is 208 g/mol. The Morgan fingerprint density at radius 1 is 1.67 bits per heavy atom. The Morgan fingerprint density at radius 3 is 3.00 bits per heavy atom. The van der Waals surface area contributed by atoms with Crippen molar-refractivity contribution in [2.45, 2.75) is 6.42 Å². The lowest BCUT2D eigenvalue weighted by atomic mass is 10.2. The summed E-state index contributed by atoms with van der Waals surface area (Å²) in [4.78, 5) is 14.2. The molecule has 15 heavy (non-hydrogen) atoms. The summed E-state index contributed by atoms with van der Waals surface area (Å²) in [6, 6.07) is 1.10. The molecule has 0 spiro atoms. The third kappa shape index (κ3) is 3.04. The number of carbonyl (C=O) groups is 1. The molecule has 1 heterocycles. The Kier molecular flexibility index (Phi) is 3.77. The summed E-state index contributed by atoms with van der Waals surface area (Å²) < 4.78 is 12.9. The largest absolute Gasteiger partial charge is 0.478 e. The standard InChI is InChI=1S/C10H9FN2O2/c11-9-6-13-7(3-1-2-4-12)5-8(9)10(14)15/h5-6H,2,4,12H2,(H,14,15). The molecule has 0 unspecified atom stereocenters. The van der Waals surface area contributed by atoms with E-state index in [1.54, 1.807) is 0 Å². The molecule has 78 valence electrons. The lowest BCUT2D eigenvalue weighted by Crippen LogP contribution is -2.02. The van der Waals surface area contributed by atoms with Gasteiger partial charge in [-0.15, -0.1) is 0 Å². The number of aromatic nitrogens is 1. The van der Waals surface area contributed by atoms with Crippen LogP contribution in [0.15, 0.2) is 12.3 Å². The van der Waals surface area contributed by atoms with Crippen LogP contribution >= 0.6 is 0 Å². The van der Waals surface area contributed by atoms with Crippen LogP contribution in [0, 0.1) is 17.7 Å². The summed E-state index contributed by atoms with van der Waals surface area (Å²) in [5.41, 5.74) is 5.01. The van der Waals surface area contributed by atoms with Crippen molar-refractivity contribution >= 4 is 5.97 Å². The molecule has 0 atom stereocenters. The minimum absolute atomic E-state index is 0.224. The second-order valence-corrected chi connectivity index (χ2v) is 2.69. The summed E-state index contributed by atoms with van der Waals surface area (Å²) in [5.74, 6) is 3.08. The van der Waals surface area contributed by atoms with Gasteiger partial charge in [0.1, 0.15) is 5.69 Å². The first-order valence-electron chi connectivity index (χ1n) is 4.23. The molecule has 0 amide bonds. The SMILES string of the molecule is NCCC#Cc1cc(C(=O)O)c(F)cn1. The number of nitrogens with two attached hydrogens (primary N) is 1. The first-order chi connectivity index (χ1) is 7.15. The highest BCUT2D eigenvalue weighted by Crippen LogP contribution is 2.06. The lowest BCUT2D eigenvalue weighted by Gasteiger charge is -1.96. The Balaban J connectivity index is 2.99. The van der Waals surface area contributed by atoms with Gasteiger partial charge in [-0.3, -0.25) is 0 Å². The topological polar surface area (TPSA) is 76.2 Å². The molecule has 0 bridgehead atoms. The van der Waals surface area contributed by atoms with Crippen molar-refractivity contribution in [3.8, 4) is 11.8 Å². The zero-order chi connectivity index (χ0) is 11.3. The maximum atomic E-state index is 12.9. The number of pyridine rings is 1. The van der Waals surface area contributed by atoms with Gasteiger partial charge >= 0.3 is 5.97 Å². The molecular weight excluding hydrogens is 199 g/mol. The van der Waals surface area contributed by atoms with E-state index in [1.165, 1.54) is 0 Å². The van der Waals surface area contributed by atoms with Crippen LogP contribution in [-0.4, -0.2) is 22.6 Å². The molecule has 0 aliphatic rings. The smallest absolute Gasteiger partial charge is 0.338 e. The third-order valence-corrected chi connectivity index (χ3v) is 1.57. The minimum Gasteiger partial charge on any atom is -0.478 e. The maximum absolute atomic E-state index is 12.9. The minimum atomic E-state index is -1.34. The summed E-state index contributed by atoms with van der Waals surface area (Å²) >= 11 is 0. The maximum Gasteiger partial charge on any atom is 0.338 e. The molecule has 0 saturated heterocycles. The number of aromatic carboxylic acids is 1. The highest BCUT2D eigenvalue weighted by atomic mass is 19.1. The van der Waals surface area contributed by atoms with E-state index in [4.69, 9.17) is 10.8 Å². The lowest BCUT2D eigenvalue weighted by molar-refractivity contribution is 0.0691. The summed E-state index contributed by atoms with van der Waals surface area (Å²) in [7, 11) is 0. The van der Waals surface area contributed by atoms with E-state index in [0.717, 1.165) is 12.3 Å². The highest BCUT2D eigenvalue weighted by Gasteiger charge is 2.10. The van der Waals surface area contributed by atoms with Crippen LogP contribution < -0.4 is 5.73 Å². The van der Waals surface area contributed by atoms with Crippen LogP contribution in [0.1, 0.15) is 22.5 Å². The van der Waals surface area contributed by atoms with Gasteiger partial charge in [-0.25, -0.2) is 14.2 Å². The van der Waals surface area contributed by atoms with E-state index in [-0.39, 0.29) is 5.69 Å². The molecule has 0 saturated carbocycles. The van der Waals surface area contributed by atoms with Gasteiger partial charge in [-0.2, -0.15) is 0 Å². The van der Waals surface area contributed by atoms with Crippen molar-refractivity contribution in [3.05, 3.63) is 29.3 Å². The number of carboxylic acid groups (broad SMARTS) is 1. The molecular formula is C10H9FN2O2. The highest BCUT2D eigenvalue weighted by molar-refractivity contribution is 5.88. The Hall–Kier alpha value is -1.93. The molecule has 0 aliphatic heterocycles. The Morgan fingerprint density at radius 2 is 2.40 bits per heavy atom. The molecule has 0 fully saturated rings. The van der Waals surface area contributed by atoms with E-state index in [2.05, 4.69) is 16.8 Å². The quantitative estimate of drug-likeness (QED) is 0.698. The van der Waals surface area contributed by atoms with E-state index in [1.807, 2.05) is 0 Å². The second-order valence-electron chi connectivity index (χ2n) is 2.69. The van der Waals surface area contributed by atoms with Crippen LogP contribution in [0.25, 0.3) is 0 Å². The fourth-order valence-electron chi connectivity index (χ4n) is 0.896. The number of halogens is 1. The van der Waals surface area contributed by atoms with E-state index in [0.29, 0.717) is 13.0 Å². The molecule has 5 heteroatoms. The van der Waals surface area contributed by atoms with Crippen molar-refractivity contribution < 1.29 is 14.3 Å². The van der Waals surface area contributed by atoms with E-state index >= 15 is 0 Å². The average molecular weight is 208 g/mol. The normalized spacial score (nSPS) is 9.20. The average Bonchev–Trinajstić information content (AvgIpc) is 2.20. The van der Waals surface area contributed by atoms with Crippen molar-refractivity contribution in [2.24, 2.45) is 5.73 Å². The zero-order valence-corrected chi connectivity index (χ0v) is 7.83. The Bertz CT molecular complexity index is 435. The molecule has 4 nitrogen and oxygen atoms in total. The number of hydrogen-bond donors (Lipinski definition) is 2. The first-order valence-corrected chi connectivity index (χ1v) is 4.23. The number of carboxylic acids is 1. The van der Waals surface area contributed by atoms with Crippen LogP contribution in [0.5, 0.6) is 0 Å². The number of nitrogens with zero attached hydrogens (tertiary/aromatic N) is 1. The predicted octanol–water partition coefficient (Wildman–Crippen LogP) is 0.619. The van der Waals surface area contributed by atoms with Crippen LogP contribution in [0.3, 0.4) is 0 Å². The fraction of sp³-hybridized carbons (Fsp3) is 0.200. The van der Waals surface area contributed by atoms with Crippen LogP contribution in [0.2, 0.25) is 0 Å². The molecule has 0 aliphatic carbocycles. The van der Waals surface area contributed by atoms with Gasteiger partial charge in [0.25, 0.3) is 0 Å². The van der Waals surface area contributed by atoms with Crippen molar-refractivity contribution in [3.63, 3.8) is 0 Å². The van der Waals surface area contributed by atoms with Gasteiger partial charge in [0, 0.05) is 13.0 Å². The summed E-state index contributed by atoms with van der Waals surface area (Å²) in [5, 5.41) is 8.63. The van der Waals surface area contributed by atoms with Gasteiger partial charge in [0.15, 0.2) is 5.82 Å². The molecule has 1 rings (SSSR count). The second kappa shape index (κ2) is 5.08. The number of rotatable bonds is 2. The van der Waals surface area contributed by atoms with E-state index in [9.17, 15) is 9.18 Å². The fourth-order valence-corrected chi connectivity index (χ4v) is 0.896. The summed E-state index contributed by atoms with van der Waals surface area (Å²) in [6.07, 6.45) is 1.33. The van der Waals surface area contributed by atoms with Gasteiger partial charge < -0.3 is 10.8 Å². The molecule has 0 aromatic carbocycles. The first kappa shape index (κ1) is 11.1. The van der Waals surface area contributed by atoms with Gasteiger partial charge in [-0.05, 0) is 12.0 Å². The van der Waals surface area contributed by atoms with Gasteiger partial charge in [0.05, 0.1) is 11.8 Å². The molecule has 1 aromatic heterocycles. The third-order valence-electron chi connectivity index (χ3n) is 1.57. The zero-order valence-electron chi connectivity index (χ0n) is 7.83. The van der Waals surface area contributed by atoms with Crippen molar-refractivity contribution in [2.75, 3.05) is 6.54 Å². The molecule has 3 N–H and O–H groups in total. The van der Waals surface area contributed by atoms with Crippen molar-refractivity contribution in [1.82, 2.24) is 4.98 Å². The van der Waals surface area contributed by atoms with Gasteiger partial charge in [0.2, 0.25) is 0 Å². The number of hydrogen-bond acceptors (Lipinski definition) is 3. The van der Waals surface area contributed by atoms with E-state index < -0.39 is 17.3 Å². The molecule has 0 radical (unpaired) electrons. The van der Waals surface area contributed by atoms with Crippen LogP contribution in [0.4, 0.5) is 4.39 Å². The predicted molar refractivity (Wildman–Crippen MR) is 51.7 cm³/mol. The summed E-state index contributed by atoms with van der Waals surface area (Å²) in [6.45, 7) is 0.417. The van der Waals surface area contributed by atoms with Gasteiger partial charge in [-0.1, -0.05) is 5.92 Å². The Labute approximate surface area is 85.9 Å². The van der Waals surface area contributed by atoms with Crippen molar-refractivity contribution in [1.29, 1.82) is 0 Å². The molecule has 1 aromatic rings. The van der Waals surface area contributed by atoms with Crippen LogP contribution in [-0.2, 0) is 0 Å².